The average Bonchev–Trinajstić information content (AvgIpc) is 2.67. The number of halogens is 3. The maximum absolute atomic E-state index is 6.21. The Labute approximate surface area is 122 Å². The molecule has 0 amide bonds. The van der Waals surface area contributed by atoms with Crippen molar-refractivity contribution in [1.29, 1.82) is 0 Å². The predicted molar refractivity (Wildman–Crippen MR) is 79.0 cm³/mol. The fraction of sp³-hybridized carbons (Fsp3) is 0.462. The van der Waals surface area contributed by atoms with Gasteiger partial charge in [-0.2, -0.15) is 0 Å². The fourth-order valence-corrected chi connectivity index (χ4v) is 2.51. The lowest BCUT2D eigenvalue weighted by Gasteiger charge is -2.17. The van der Waals surface area contributed by atoms with E-state index in [2.05, 4.69) is 23.4 Å². The minimum Gasteiger partial charge on any atom is -0.324 e. The Morgan fingerprint density at radius 1 is 1.22 bits per heavy atom. The summed E-state index contributed by atoms with van der Waals surface area (Å²) in [5, 5.41) is 0.915. The van der Waals surface area contributed by atoms with Crippen molar-refractivity contribution in [2.24, 2.45) is 0 Å². The van der Waals surface area contributed by atoms with Crippen LogP contribution in [0.5, 0.6) is 0 Å². The lowest BCUT2D eigenvalue weighted by Crippen LogP contribution is -2.08. The third-order valence-corrected chi connectivity index (χ3v) is 4.06. The van der Waals surface area contributed by atoms with Gasteiger partial charge in [0.2, 0.25) is 0 Å². The minimum absolute atomic E-state index is 0.149. The lowest BCUT2D eigenvalue weighted by molar-refractivity contribution is 0.522. The first kappa shape index (κ1) is 14.0. The van der Waals surface area contributed by atoms with Gasteiger partial charge in [-0.25, -0.2) is 4.98 Å². The monoisotopic (exact) mass is 304 g/mol. The lowest BCUT2D eigenvalue weighted by atomic mass is 10.2. The number of imidazole rings is 1. The highest BCUT2D eigenvalue weighted by Gasteiger charge is 2.19. The summed E-state index contributed by atoms with van der Waals surface area (Å²) in [6.45, 7) is 6.20. The summed E-state index contributed by atoms with van der Waals surface area (Å²) in [7, 11) is 0. The Kier molecular flexibility index (Phi) is 4.10. The van der Waals surface area contributed by atoms with Crippen LogP contribution >= 0.6 is 34.8 Å². The van der Waals surface area contributed by atoms with Gasteiger partial charge in [-0.15, -0.1) is 11.6 Å². The molecule has 0 aliphatic rings. The smallest absolute Gasteiger partial charge is 0.127 e. The molecule has 0 radical (unpaired) electrons. The van der Waals surface area contributed by atoms with Gasteiger partial charge in [-0.3, -0.25) is 0 Å². The minimum atomic E-state index is -0.149. The fourth-order valence-electron chi connectivity index (χ4n) is 2.04. The first-order valence-corrected chi connectivity index (χ1v) is 7.15. The first-order chi connectivity index (χ1) is 8.45. The topological polar surface area (TPSA) is 17.8 Å². The molecule has 1 aromatic heterocycles. The molecule has 2 atom stereocenters. The van der Waals surface area contributed by atoms with Gasteiger partial charge in [-0.1, -0.05) is 30.1 Å². The number of aromatic nitrogens is 2. The zero-order valence-electron chi connectivity index (χ0n) is 10.5. The molecule has 2 nitrogen and oxygen atoms in total. The maximum atomic E-state index is 6.21. The summed E-state index contributed by atoms with van der Waals surface area (Å²) in [6.07, 6.45) is 1.00. The third kappa shape index (κ3) is 2.34. The molecular formula is C13H15Cl3N2. The van der Waals surface area contributed by atoms with Crippen molar-refractivity contribution in [1.82, 2.24) is 9.55 Å². The largest absolute Gasteiger partial charge is 0.324 e. The Morgan fingerprint density at radius 2 is 1.83 bits per heavy atom. The second-order valence-electron chi connectivity index (χ2n) is 4.47. The van der Waals surface area contributed by atoms with Gasteiger partial charge in [0, 0.05) is 6.04 Å². The summed E-state index contributed by atoms with van der Waals surface area (Å²) in [6, 6.07) is 3.98. The van der Waals surface area contributed by atoms with Crippen LogP contribution in [-0.2, 0) is 0 Å². The highest BCUT2D eigenvalue weighted by atomic mass is 35.5. The van der Waals surface area contributed by atoms with Crippen LogP contribution in [0.3, 0.4) is 0 Å². The number of nitrogens with zero attached hydrogens (tertiary/aromatic N) is 2. The van der Waals surface area contributed by atoms with E-state index in [0.717, 1.165) is 23.3 Å². The highest BCUT2D eigenvalue weighted by Crippen LogP contribution is 2.33. The molecule has 0 aliphatic heterocycles. The molecule has 0 bridgehead atoms. The Hall–Kier alpha value is -0.440. The number of fused-ring (bicyclic) bond motifs is 1. The van der Waals surface area contributed by atoms with Crippen molar-refractivity contribution in [3.8, 4) is 0 Å². The standard InChI is InChI=1S/C13H15Cl3N2/c1-4-7(2)18-12-6-10(16)9(15)5-11(12)17-13(18)8(3)14/h5-8H,4H2,1-3H3. The molecule has 98 valence electrons. The number of rotatable bonds is 3. The van der Waals surface area contributed by atoms with E-state index < -0.39 is 0 Å². The molecule has 1 aromatic carbocycles. The van der Waals surface area contributed by atoms with E-state index in [1.807, 2.05) is 13.0 Å². The van der Waals surface area contributed by atoms with E-state index in [0.29, 0.717) is 16.1 Å². The second-order valence-corrected chi connectivity index (χ2v) is 5.94. The number of hydrogen-bond acceptors (Lipinski definition) is 1. The summed E-state index contributed by atoms with van der Waals surface area (Å²) in [5.74, 6) is 0.861. The van der Waals surface area contributed by atoms with Crippen molar-refractivity contribution in [3.63, 3.8) is 0 Å². The molecule has 0 saturated carbocycles. The molecule has 0 fully saturated rings. The van der Waals surface area contributed by atoms with Gasteiger partial charge >= 0.3 is 0 Å². The maximum Gasteiger partial charge on any atom is 0.127 e. The molecule has 0 N–H and O–H groups in total. The van der Waals surface area contributed by atoms with Gasteiger partial charge in [0.15, 0.2) is 0 Å². The molecule has 1 heterocycles. The van der Waals surface area contributed by atoms with Crippen LogP contribution in [0.15, 0.2) is 12.1 Å². The van der Waals surface area contributed by atoms with Crippen molar-refractivity contribution in [2.45, 2.75) is 38.6 Å². The van der Waals surface area contributed by atoms with E-state index in [1.54, 1.807) is 6.07 Å². The average molecular weight is 306 g/mol. The summed E-state index contributed by atoms with van der Waals surface area (Å²) < 4.78 is 2.15. The first-order valence-electron chi connectivity index (χ1n) is 5.96. The van der Waals surface area contributed by atoms with Gasteiger partial charge in [0.05, 0.1) is 26.5 Å². The molecule has 0 aliphatic carbocycles. The Balaban J connectivity index is 2.77. The summed E-state index contributed by atoms with van der Waals surface area (Å²) >= 11 is 18.3. The van der Waals surface area contributed by atoms with Crippen LogP contribution in [0, 0.1) is 0 Å². The van der Waals surface area contributed by atoms with E-state index in [-0.39, 0.29) is 5.38 Å². The summed E-state index contributed by atoms with van der Waals surface area (Å²) in [5.41, 5.74) is 1.83. The number of benzene rings is 1. The third-order valence-electron chi connectivity index (χ3n) is 3.15. The Bertz CT molecular complexity index is 575. The number of hydrogen-bond donors (Lipinski definition) is 0. The SMILES string of the molecule is CCC(C)n1c(C(C)Cl)nc2cc(Cl)c(Cl)cc21. The van der Waals surface area contributed by atoms with Gasteiger partial charge in [0.1, 0.15) is 5.82 Å². The van der Waals surface area contributed by atoms with Crippen molar-refractivity contribution in [2.75, 3.05) is 0 Å². The molecule has 18 heavy (non-hydrogen) atoms. The van der Waals surface area contributed by atoms with Crippen LogP contribution in [-0.4, -0.2) is 9.55 Å². The zero-order valence-corrected chi connectivity index (χ0v) is 12.8. The second kappa shape index (κ2) is 5.28. The molecule has 0 spiro atoms. The van der Waals surface area contributed by atoms with Gasteiger partial charge in [-0.05, 0) is 32.4 Å². The van der Waals surface area contributed by atoms with Crippen LogP contribution in [0.1, 0.15) is 44.4 Å². The molecule has 2 rings (SSSR count). The molecular weight excluding hydrogens is 291 g/mol. The predicted octanol–water partition coefficient (Wildman–Crippen LogP) is 5.61. The molecule has 5 heteroatoms. The molecule has 0 saturated heterocycles. The van der Waals surface area contributed by atoms with E-state index in [9.17, 15) is 0 Å². The van der Waals surface area contributed by atoms with E-state index in [4.69, 9.17) is 34.8 Å². The Morgan fingerprint density at radius 3 is 2.39 bits per heavy atom. The van der Waals surface area contributed by atoms with E-state index >= 15 is 0 Å². The normalized spacial score (nSPS) is 15.0. The van der Waals surface area contributed by atoms with E-state index in [1.165, 1.54) is 0 Å². The van der Waals surface area contributed by atoms with Crippen molar-refractivity contribution in [3.05, 3.63) is 28.0 Å². The van der Waals surface area contributed by atoms with Crippen molar-refractivity contribution < 1.29 is 0 Å². The number of alkyl halides is 1. The quantitative estimate of drug-likeness (QED) is 0.673. The molecule has 2 aromatic rings. The zero-order chi connectivity index (χ0) is 13.4. The molecule has 2 unspecified atom stereocenters. The van der Waals surface area contributed by atoms with Crippen LogP contribution in [0.4, 0.5) is 0 Å². The van der Waals surface area contributed by atoms with Crippen LogP contribution in [0.2, 0.25) is 10.0 Å². The van der Waals surface area contributed by atoms with Gasteiger partial charge < -0.3 is 4.57 Å². The summed E-state index contributed by atoms with van der Waals surface area (Å²) in [4.78, 5) is 4.57. The highest BCUT2D eigenvalue weighted by molar-refractivity contribution is 6.42. The van der Waals surface area contributed by atoms with Crippen molar-refractivity contribution >= 4 is 45.8 Å². The van der Waals surface area contributed by atoms with Gasteiger partial charge in [0.25, 0.3) is 0 Å². The van der Waals surface area contributed by atoms with Crippen LogP contribution in [0.25, 0.3) is 11.0 Å². The van der Waals surface area contributed by atoms with Crippen LogP contribution < -0.4 is 0 Å².